The van der Waals surface area contributed by atoms with Gasteiger partial charge in [-0.2, -0.15) is 0 Å². The largest absolute Gasteiger partial charge is 0.524 e. The second-order valence-electron chi connectivity index (χ2n) is 5.48. The molecule has 2 saturated heterocycles. The maximum atomic E-state index is 10.2. The van der Waals surface area contributed by atoms with E-state index in [2.05, 4.69) is 4.99 Å². The Morgan fingerprint density at radius 3 is 2.53 bits per heavy atom. The van der Waals surface area contributed by atoms with Gasteiger partial charge in [0.1, 0.15) is 12.5 Å². The van der Waals surface area contributed by atoms with E-state index in [1.165, 1.54) is 12.8 Å². The van der Waals surface area contributed by atoms with Crippen molar-refractivity contribution in [2.45, 2.75) is 63.3 Å². The van der Waals surface area contributed by atoms with Crippen LogP contribution in [0.2, 0.25) is 0 Å². The van der Waals surface area contributed by atoms with Gasteiger partial charge in [-0.15, -0.1) is 0 Å². The first-order chi connectivity index (χ1) is 9.33. The Labute approximate surface area is 114 Å². The third-order valence-corrected chi connectivity index (χ3v) is 6.53. The molecule has 2 atom stereocenters. The quantitative estimate of drug-likeness (QED) is 0.322. The zero-order valence-electron chi connectivity index (χ0n) is 11.1. The molecule has 6 heteroatoms. The molecule has 0 spiro atoms. The van der Waals surface area contributed by atoms with Gasteiger partial charge < -0.3 is 18.1 Å². The van der Waals surface area contributed by atoms with Gasteiger partial charge in [-0.25, -0.2) is 0 Å². The lowest BCUT2D eigenvalue weighted by Crippen LogP contribution is -2.47. The number of nitrogens with zero attached hydrogens (tertiary/aromatic N) is 1. The normalized spacial score (nSPS) is 40.7. The van der Waals surface area contributed by atoms with E-state index in [0.717, 1.165) is 32.0 Å². The van der Waals surface area contributed by atoms with Crippen molar-refractivity contribution in [3.63, 3.8) is 0 Å². The van der Waals surface area contributed by atoms with Gasteiger partial charge in [-0.3, -0.25) is 4.99 Å². The molecule has 0 aromatic heterocycles. The van der Waals surface area contributed by atoms with E-state index in [1.54, 1.807) is 0 Å². The van der Waals surface area contributed by atoms with E-state index in [1.807, 2.05) is 6.21 Å². The second-order valence-corrected chi connectivity index (χ2v) is 7.87. The van der Waals surface area contributed by atoms with Crippen LogP contribution in [0.1, 0.15) is 44.9 Å². The molecule has 0 N–H and O–H groups in total. The van der Waals surface area contributed by atoms with Gasteiger partial charge in [0, 0.05) is 6.42 Å². The summed E-state index contributed by atoms with van der Waals surface area (Å²) in [5.74, 6) is 0. The fourth-order valence-corrected chi connectivity index (χ4v) is 5.97. The van der Waals surface area contributed by atoms with E-state index < -0.39 is 8.80 Å². The molecule has 1 aliphatic carbocycles. The second kappa shape index (κ2) is 5.83. The van der Waals surface area contributed by atoms with Crippen LogP contribution in [-0.2, 0) is 18.1 Å². The molecule has 5 nitrogen and oxygen atoms in total. The van der Waals surface area contributed by atoms with Crippen LogP contribution in [0.15, 0.2) is 4.99 Å². The first kappa shape index (κ1) is 13.4. The third kappa shape index (κ3) is 2.81. The van der Waals surface area contributed by atoms with Gasteiger partial charge in [-0.1, -0.05) is 12.8 Å². The average molecular weight is 283 g/mol. The van der Waals surface area contributed by atoms with Crippen molar-refractivity contribution < 1.29 is 18.1 Å². The number of aliphatic imine (C=N–C) groups is 1. The summed E-state index contributed by atoms with van der Waals surface area (Å²) >= 11 is 0. The molecule has 0 radical (unpaired) electrons. The molecule has 3 fully saturated rings. The summed E-state index contributed by atoms with van der Waals surface area (Å²) in [6.45, 7) is 0. The van der Waals surface area contributed by atoms with Gasteiger partial charge in [0.05, 0.1) is 18.3 Å². The highest BCUT2D eigenvalue weighted by atomic mass is 28.4. The monoisotopic (exact) mass is 283 g/mol. The lowest BCUT2D eigenvalue weighted by molar-refractivity contribution is -0.107. The average Bonchev–Trinajstić information content (AvgIpc) is 2.92. The topological polar surface area (TPSA) is 57.1 Å². The molecule has 0 amide bonds. The number of hydrogen-bond acceptors (Lipinski definition) is 5. The number of hydrogen-bond donors (Lipinski definition) is 0. The number of carbonyl (C=O) groups excluding carboxylic acids is 1. The third-order valence-electron chi connectivity index (χ3n) is 4.01. The van der Waals surface area contributed by atoms with Crippen molar-refractivity contribution in [1.82, 2.24) is 0 Å². The van der Waals surface area contributed by atoms with E-state index in [-0.39, 0.29) is 18.3 Å². The molecular weight excluding hydrogens is 262 g/mol. The number of carbonyl (C=O) groups is 1. The Morgan fingerprint density at radius 1 is 1.11 bits per heavy atom. The first-order valence-electron chi connectivity index (χ1n) is 7.28. The van der Waals surface area contributed by atoms with Crippen LogP contribution in [0.25, 0.3) is 0 Å². The van der Waals surface area contributed by atoms with Gasteiger partial charge in [0.15, 0.2) is 0 Å². The minimum absolute atomic E-state index is 0.166. The van der Waals surface area contributed by atoms with Crippen LogP contribution in [-0.4, -0.2) is 45.8 Å². The zero-order valence-corrected chi connectivity index (χ0v) is 12.1. The Kier molecular flexibility index (Phi) is 4.12. The van der Waals surface area contributed by atoms with Crippen molar-refractivity contribution in [2.24, 2.45) is 4.99 Å². The van der Waals surface area contributed by atoms with Crippen molar-refractivity contribution in [2.75, 3.05) is 6.17 Å². The molecule has 2 unspecified atom stereocenters. The number of fused-ring (bicyclic) bond motifs is 1. The summed E-state index contributed by atoms with van der Waals surface area (Å²) in [6.07, 6.45) is 10.9. The van der Waals surface area contributed by atoms with E-state index in [4.69, 9.17) is 13.3 Å². The molecule has 2 heterocycles. The van der Waals surface area contributed by atoms with Crippen LogP contribution >= 0.6 is 0 Å². The van der Waals surface area contributed by atoms with E-state index >= 15 is 0 Å². The highest BCUT2D eigenvalue weighted by molar-refractivity contribution is 6.62. The summed E-state index contributed by atoms with van der Waals surface area (Å²) in [5, 5.41) is 0. The van der Waals surface area contributed by atoms with Crippen LogP contribution in [0.4, 0.5) is 0 Å². The van der Waals surface area contributed by atoms with Crippen LogP contribution in [0.3, 0.4) is 0 Å². The highest BCUT2D eigenvalue weighted by Crippen LogP contribution is 2.43. The lowest BCUT2D eigenvalue weighted by Gasteiger charge is -2.27. The highest BCUT2D eigenvalue weighted by Gasteiger charge is 2.63. The maximum absolute atomic E-state index is 10.2. The predicted octanol–water partition coefficient (Wildman–Crippen LogP) is 1.66. The van der Waals surface area contributed by atoms with Gasteiger partial charge in [0.2, 0.25) is 0 Å². The summed E-state index contributed by atoms with van der Waals surface area (Å²) in [6, 6.07) is 0. The van der Waals surface area contributed by atoms with Crippen molar-refractivity contribution in [1.29, 1.82) is 0 Å². The smallest absolute Gasteiger partial charge is 0.366 e. The molecule has 2 bridgehead atoms. The maximum Gasteiger partial charge on any atom is 0.524 e. The van der Waals surface area contributed by atoms with Crippen LogP contribution in [0.5, 0.6) is 0 Å². The standard InChI is InChI=1S/C13H21NO4Si/c15-9-5-1-4-8-14-10-19-16-11-6-2-3-7-12(17-19)13(11)18-19/h8-9,11-13H,1-7,10H2. The fraction of sp³-hybridized carbons (Fsp3) is 0.846. The zero-order chi connectivity index (χ0) is 13.1. The fourth-order valence-electron chi connectivity index (χ4n) is 3.09. The van der Waals surface area contributed by atoms with Crippen LogP contribution < -0.4 is 0 Å². The van der Waals surface area contributed by atoms with Crippen molar-refractivity contribution >= 4 is 21.3 Å². The molecule has 0 aromatic rings. The van der Waals surface area contributed by atoms with E-state index in [9.17, 15) is 4.79 Å². The molecule has 1 saturated carbocycles. The molecule has 106 valence electrons. The van der Waals surface area contributed by atoms with Crippen LogP contribution in [0, 0.1) is 0 Å². The molecule has 2 aliphatic heterocycles. The SMILES string of the molecule is O=CCCCC=NC[Si]12OC3CCCCC(O1)C3O2. The molecule has 19 heavy (non-hydrogen) atoms. The Balaban J connectivity index is 1.52. The summed E-state index contributed by atoms with van der Waals surface area (Å²) in [7, 11) is -2.50. The Morgan fingerprint density at radius 2 is 1.84 bits per heavy atom. The molecule has 3 rings (SSSR count). The minimum Gasteiger partial charge on any atom is -0.366 e. The number of unbranched alkanes of at least 4 members (excludes halogenated alkanes) is 2. The molecule has 0 aromatic carbocycles. The minimum atomic E-state index is -2.50. The lowest BCUT2D eigenvalue weighted by atomic mass is 10.1. The van der Waals surface area contributed by atoms with Gasteiger partial charge in [-0.05, 0) is 31.9 Å². The van der Waals surface area contributed by atoms with E-state index in [0.29, 0.717) is 12.6 Å². The molecular formula is C13H21NO4Si. The summed E-state index contributed by atoms with van der Waals surface area (Å²) in [4.78, 5) is 14.6. The first-order valence-corrected chi connectivity index (χ1v) is 9.21. The number of aldehydes is 1. The van der Waals surface area contributed by atoms with Crippen molar-refractivity contribution in [3.05, 3.63) is 0 Å². The molecule has 3 aliphatic rings. The Bertz CT molecular complexity index is 341. The van der Waals surface area contributed by atoms with Gasteiger partial charge >= 0.3 is 8.80 Å². The number of rotatable bonds is 6. The summed E-state index contributed by atoms with van der Waals surface area (Å²) < 4.78 is 18.2. The summed E-state index contributed by atoms with van der Waals surface area (Å²) in [5.41, 5.74) is 0. The van der Waals surface area contributed by atoms with Crippen molar-refractivity contribution in [3.8, 4) is 0 Å². The predicted molar refractivity (Wildman–Crippen MR) is 72.1 cm³/mol. The Hall–Kier alpha value is -0.563. The van der Waals surface area contributed by atoms with Gasteiger partial charge in [0.25, 0.3) is 0 Å².